The predicted octanol–water partition coefficient (Wildman–Crippen LogP) is -2.39. The quantitative estimate of drug-likeness (QED) is 0.206. The Morgan fingerprint density at radius 2 is 0.955 bits per heavy atom. The van der Waals surface area contributed by atoms with Crippen molar-refractivity contribution in [3.8, 4) is 0 Å². The van der Waals surface area contributed by atoms with Gasteiger partial charge in [-0.1, -0.05) is 0 Å². The zero-order chi connectivity index (χ0) is 16.9. The molecule has 0 spiro atoms. The summed E-state index contributed by atoms with van der Waals surface area (Å²) in [6.45, 7) is 0. The monoisotopic (exact) mass is 308 g/mol. The Bertz CT molecular complexity index is 536. The van der Waals surface area contributed by atoms with E-state index in [4.69, 9.17) is 11.7 Å². The molecule has 118 valence electrons. The van der Waals surface area contributed by atoms with Gasteiger partial charge < -0.3 is 10.6 Å². The maximum absolute atomic E-state index is 11.9. The summed E-state index contributed by atoms with van der Waals surface area (Å²) in [7, 11) is 2.72. The minimum atomic E-state index is -0.813. The van der Waals surface area contributed by atoms with Crippen molar-refractivity contribution in [2.75, 3.05) is 14.1 Å². The van der Waals surface area contributed by atoms with Crippen LogP contribution in [0.5, 0.6) is 0 Å². The van der Waals surface area contributed by atoms with E-state index in [0.29, 0.717) is 0 Å². The molecule has 0 saturated carbocycles. The highest BCUT2D eigenvalue weighted by molar-refractivity contribution is 6.13. The molecule has 1 aromatic rings. The third-order valence-corrected chi connectivity index (χ3v) is 2.85. The highest BCUT2D eigenvalue weighted by atomic mass is 16.2. The van der Waals surface area contributed by atoms with Crippen molar-refractivity contribution >= 4 is 23.6 Å². The Balaban J connectivity index is 3.70. The van der Waals surface area contributed by atoms with Crippen molar-refractivity contribution in [3.05, 3.63) is 34.4 Å². The number of nitrogens with two attached hydrogens (primary N) is 2. The van der Waals surface area contributed by atoms with Crippen LogP contribution in [0.4, 0.5) is 0 Å². The molecule has 1 aromatic carbocycles. The van der Waals surface area contributed by atoms with Crippen LogP contribution < -0.4 is 33.2 Å². The Morgan fingerprint density at radius 1 is 0.682 bits per heavy atom. The van der Waals surface area contributed by atoms with E-state index in [9.17, 15) is 19.2 Å². The molecule has 0 unspecified atom stereocenters. The van der Waals surface area contributed by atoms with E-state index < -0.39 is 23.6 Å². The molecule has 0 bridgehead atoms. The van der Waals surface area contributed by atoms with Crippen LogP contribution in [-0.2, 0) is 0 Å². The number of nitrogens with one attached hydrogen (secondary N) is 4. The number of carbonyl (C=O) groups excluding carboxylic acids is 4. The minimum absolute atomic E-state index is 0.0889. The number of hydrazine groups is 2. The lowest BCUT2D eigenvalue weighted by Gasteiger charge is -2.13. The summed E-state index contributed by atoms with van der Waals surface area (Å²) in [5, 5.41) is 4.68. The van der Waals surface area contributed by atoms with Gasteiger partial charge in [-0.15, -0.1) is 0 Å². The van der Waals surface area contributed by atoms with Gasteiger partial charge in [0.15, 0.2) is 0 Å². The predicted molar refractivity (Wildman–Crippen MR) is 76.5 cm³/mol. The molecule has 0 aliphatic heterocycles. The van der Waals surface area contributed by atoms with Crippen LogP contribution in [0.25, 0.3) is 0 Å². The average molecular weight is 308 g/mol. The Hall–Kier alpha value is -2.98. The van der Waals surface area contributed by atoms with Crippen molar-refractivity contribution in [2.24, 2.45) is 11.7 Å². The number of amides is 4. The summed E-state index contributed by atoms with van der Waals surface area (Å²) in [4.78, 5) is 47.3. The lowest BCUT2D eigenvalue weighted by Crippen LogP contribution is -2.36. The topological polar surface area (TPSA) is 168 Å². The first-order valence-corrected chi connectivity index (χ1v) is 6.05. The fourth-order valence-electron chi connectivity index (χ4n) is 1.78. The number of hydrogen-bond donors (Lipinski definition) is 6. The molecule has 0 saturated heterocycles. The standard InChI is InChI=1S/C12H16N6O4/c1-15-9(19)5-3-7(11(21)17-13)8(12(22)18-14)4-6(5)10(20)16-2/h3-4H,13-14H2,1-2H3,(H,15,19)(H,16,20)(H,17,21)(H,18,22). The van der Waals surface area contributed by atoms with E-state index in [1.54, 1.807) is 0 Å². The fraction of sp³-hybridized carbons (Fsp3) is 0.167. The van der Waals surface area contributed by atoms with E-state index in [-0.39, 0.29) is 22.3 Å². The van der Waals surface area contributed by atoms with Gasteiger partial charge in [-0.2, -0.15) is 0 Å². The van der Waals surface area contributed by atoms with Crippen molar-refractivity contribution in [1.82, 2.24) is 21.5 Å². The van der Waals surface area contributed by atoms with Crippen molar-refractivity contribution in [1.29, 1.82) is 0 Å². The first kappa shape index (κ1) is 17.1. The van der Waals surface area contributed by atoms with Gasteiger partial charge in [0.25, 0.3) is 23.6 Å². The normalized spacial score (nSPS) is 9.64. The maximum atomic E-state index is 11.9. The Morgan fingerprint density at radius 3 is 1.18 bits per heavy atom. The molecule has 8 N–H and O–H groups in total. The van der Waals surface area contributed by atoms with E-state index in [0.717, 1.165) is 12.1 Å². The van der Waals surface area contributed by atoms with Gasteiger partial charge in [0, 0.05) is 14.1 Å². The molecular formula is C12H16N6O4. The molecule has 10 nitrogen and oxygen atoms in total. The van der Waals surface area contributed by atoms with Crippen LogP contribution in [0.15, 0.2) is 12.1 Å². The second-order valence-electron chi connectivity index (χ2n) is 4.05. The van der Waals surface area contributed by atoms with Gasteiger partial charge in [0.2, 0.25) is 0 Å². The van der Waals surface area contributed by atoms with Crippen LogP contribution in [0, 0.1) is 0 Å². The highest BCUT2D eigenvalue weighted by Gasteiger charge is 2.24. The summed E-state index contributed by atoms with van der Waals surface area (Å²) in [5.41, 5.74) is 3.14. The first-order valence-electron chi connectivity index (χ1n) is 6.05. The zero-order valence-corrected chi connectivity index (χ0v) is 11.9. The van der Waals surface area contributed by atoms with Crippen LogP contribution in [0.1, 0.15) is 41.4 Å². The van der Waals surface area contributed by atoms with E-state index >= 15 is 0 Å². The summed E-state index contributed by atoms with van der Waals surface area (Å²) in [5.74, 6) is 7.27. The fourth-order valence-corrected chi connectivity index (χ4v) is 1.78. The molecule has 0 aliphatic rings. The molecule has 0 fully saturated rings. The lowest BCUT2D eigenvalue weighted by molar-refractivity contribution is 0.0912. The van der Waals surface area contributed by atoms with E-state index in [1.807, 2.05) is 10.9 Å². The second-order valence-corrected chi connectivity index (χ2v) is 4.05. The molecule has 0 aliphatic carbocycles. The van der Waals surface area contributed by atoms with Gasteiger partial charge in [0.05, 0.1) is 22.3 Å². The van der Waals surface area contributed by atoms with Crippen molar-refractivity contribution < 1.29 is 19.2 Å². The third-order valence-electron chi connectivity index (χ3n) is 2.85. The summed E-state index contributed by atoms with van der Waals surface area (Å²) in [6.07, 6.45) is 0. The van der Waals surface area contributed by atoms with Crippen molar-refractivity contribution in [2.45, 2.75) is 0 Å². The van der Waals surface area contributed by atoms with E-state index in [1.165, 1.54) is 14.1 Å². The molecular weight excluding hydrogens is 292 g/mol. The molecule has 1 rings (SSSR count). The maximum Gasteiger partial charge on any atom is 0.266 e. The molecule has 0 aromatic heterocycles. The third kappa shape index (κ3) is 3.19. The van der Waals surface area contributed by atoms with Crippen LogP contribution in [-0.4, -0.2) is 37.7 Å². The molecule has 0 heterocycles. The van der Waals surface area contributed by atoms with Crippen LogP contribution in [0.3, 0.4) is 0 Å². The summed E-state index contributed by atoms with van der Waals surface area (Å²) in [6, 6.07) is 2.19. The smallest absolute Gasteiger partial charge is 0.266 e. The largest absolute Gasteiger partial charge is 0.355 e. The van der Waals surface area contributed by atoms with Crippen molar-refractivity contribution in [3.63, 3.8) is 0 Å². The average Bonchev–Trinajstić information content (AvgIpc) is 2.57. The zero-order valence-electron chi connectivity index (χ0n) is 11.9. The Labute approximate surface area is 125 Å². The van der Waals surface area contributed by atoms with E-state index in [2.05, 4.69) is 10.6 Å². The highest BCUT2D eigenvalue weighted by Crippen LogP contribution is 2.18. The van der Waals surface area contributed by atoms with Gasteiger partial charge in [-0.25, -0.2) is 11.7 Å². The molecule has 0 radical (unpaired) electrons. The number of benzene rings is 1. The second kappa shape index (κ2) is 7.15. The van der Waals surface area contributed by atoms with Gasteiger partial charge in [-0.3, -0.25) is 30.0 Å². The number of nitrogen functional groups attached to an aromatic ring is 2. The summed E-state index contributed by atoms with van der Waals surface area (Å²) >= 11 is 0. The van der Waals surface area contributed by atoms with Crippen LogP contribution >= 0.6 is 0 Å². The molecule has 0 atom stereocenters. The first-order chi connectivity index (χ1) is 10.4. The molecule has 10 heteroatoms. The molecule has 22 heavy (non-hydrogen) atoms. The molecule has 4 amide bonds. The van der Waals surface area contributed by atoms with Crippen LogP contribution in [0.2, 0.25) is 0 Å². The van der Waals surface area contributed by atoms with Gasteiger partial charge >= 0.3 is 0 Å². The SMILES string of the molecule is CNC(=O)c1cc(C(=O)NN)c(C(=O)NN)cc1C(=O)NC. The summed E-state index contributed by atoms with van der Waals surface area (Å²) < 4.78 is 0. The number of rotatable bonds is 4. The number of carbonyl (C=O) groups is 4. The lowest BCUT2D eigenvalue weighted by atomic mass is 9.96. The number of hydrogen-bond acceptors (Lipinski definition) is 6. The minimum Gasteiger partial charge on any atom is -0.355 e. The van der Waals surface area contributed by atoms with Gasteiger partial charge in [0.1, 0.15) is 0 Å². The van der Waals surface area contributed by atoms with Gasteiger partial charge in [-0.05, 0) is 12.1 Å². The Kier molecular flexibility index (Phi) is 5.55.